The van der Waals surface area contributed by atoms with Crippen molar-refractivity contribution < 1.29 is 21.8 Å². The molecule has 7 heteroatoms. The molecule has 98 valence electrons. The van der Waals surface area contributed by atoms with Crippen molar-refractivity contribution in [3.63, 3.8) is 0 Å². The zero-order chi connectivity index (χ0) is 12.7. The molecule has 0 amide bonds. The SMILES string of the molecule is CCCC[Si](OC)(OC)O[Si](C)(OC)OC. The van der Waals surface area contributed by atoms with E-state index < -0.39 is 17.6 Å². The summed E-state index contributed by atoms with van der Waals surface area (Å²) >= 11 is 0. The highest BCUT2D eigenvalue weighted by Crippen LogP contribution is 2.22. The molecule has 0 aromatic rings. The molecule has 0 N–H and O–H groups in total. The van der Waals surface area contributed by atoms with Crippen LogP contribution in [0.3, 0.4) is 0 Å². The summed E-state index contributed by atoms with van der Waals surface area (Å²) in [7, 11) is 1.16. The van der Waals surface area contributed by atoms with Gasteiger partial charge in [-0.15, -0.1) is 0 Å². The van der Waals surface area contributed by atoms with E-state index in [-0.39, 0.29) is 0 Å². The summed E-state index contributed by atoms with van der Waals surface area (Å²) in [5.74, 6) is 0. The third-order valence-corrected chi connectivity index (χ3v) is 8.96. The molecule has 0 heterocycles. The minimum absolute atomic E-state index is 0.784. The molecule has 0 aromatic carbocycles. The predicted molar refractivity (Wildman–Crippen MR) is 66.2 cm³/mol. The van der Waals surface area contributed by atoms with Crippen LogP contribution in [0.2, 0.25) is 12.6 Å². The van der Waals surface area contributed by atoms with E-state index in [0.717, 1.165) is 18.9 Å². The lowest BCUT2D eigenvalue weighted by molar-refractivity contribution is 0.0910. The Kier molecular flexibility index (Phi) is 7.65. The minimum atomic E-state index is -2.63. The molecular weight excluding hydrogens is 244 g/mol. The zero-order valence-electron chi connectivity index (χ0n) is 11.2. The Bertz CT molecular complexity index is 183. The molecule has 0 spiro atoms. The Morgan fingerprint density at radius 2 is 1.38 bits per heavy atom. The van der Waals surface area contributed by atoms with Gasteiger partial charge in [0.05, 0.1) is 0 Å². The molecule has 0 rings (SSSR count). The van der Waals surface area contributed by atoms with Crippen LogP contribution in [0.1, 0.15) is 19.8 Å². The standard InChI is InChI=1S/C9H24O5Si2/c1-7-8-9-16(12-4,13-5)14-15(6,10-2)11-3/h7-9H2,1-6H3. The van der Waals surface area contributed by atoms with Crippen molar-refractivity contribution in [1.82, 2.24) is 0 Å². The smallest absolute Gasteiger partial charge is 0.377 e. The quantitative estimate of drug-likeness (QED) is 0.598. The molecule has 0 aliphatic heterocycles. The van der Waals surface area contributed by atoms with E-state index in [1.54, 1.807) is 28.4 Å². The van der Waals surface area contributed by atoms with Gasteiger partial charge in [-0.3, -0.25) is 0 Å². The van der Waals surface area contributed by atoms with Crippen LogP contribution in [0.25, 0.3) is 0 Å². The molecule has 0 unspecified atom stereocenters. The fourth-order valence-corrected chi connectivity index (χ4v) is 6.79. The average Bonchev–Trinajstić information content (AvgIpc) is 2.34. The summed E-state index contributed by atoms with van der Waals surface area (Å²) in [6.45, 7) is 3.95. The molecule has 0 aliphatic rings. The molecule has 0 aromatic heterocycles. The van der Waals surface area contributed by atoms with Crippen LogP contribution in [0.5, 0.6) is 0 Å². The first-order valence-electron chi connectivity index (χ1n) is 5.42. The van der Waals surface area contributed by atoms with Gasteiger partial charge < -0.3 is 21.8 Å². The van der Waals surface area contributed by atoms with E-state index >= 15 is 0 Å². The summed E-state index contributed by atoms with van der Waals surface area (Å²) in [6.07, 6.45) is 2.08. The lowest BCUT2D eigenvalue weighted by Gasteiger charge is -2.33. The molecule has 0 saturated heterocycles. The number of rotatable bonds is 9. The molecule has 0 bridgehead atoms. The van der Waals surface area contributed by atoms with Gasteiger partial charge in [0.15, 0.2) is 0 Å². The minimum Gasteiger partial charge on any atom is -0.377 e. The molecular formula is C9H24O5Si2. The van der Waals surface area contributed by atoms with Crippen LogP contribution >= 0.6 is 0 Å². The molecule has 0 radical (unpaired) electrons. The maximum Gasteiger partial charge on any atom is 0.493 e. The molecule has 5 nitrogen and oxygen atoms in total. The monoisotopic (exact) mass is 268 g/mol. The predicted octanol–water partition coefficient (Wildman–Crippen LogP) is 1.90. The van der Waals surface area contributed by atoms with Gasteiger partial charge in [0.1, 0.15) is 0 Å². The van der Waals surface area contributed by atoms with Crippen molar-refractivity contribution in [3.05, 3.63) is 0 Å². The second-order valence-corrected chi connectivity index (χ2v) is 9.61. The Hall–Kier alpha value is 0.234. The van der Waals surface area contributed by atoms with E-state index in [4.69, 9.17) is 21.8 Å². The van der Waals surface area contributed by atoms with Crippen LogP contribution in [0.15, 0.2) is 0 Å². The Morgan fingerprint density at radius 1 is 0.875 bits per heavy atom. The van der Waals surface area contributed by atoms with Gasteiger partial charge in [0.25, 0.3) is 0 Å². The molecule has 16 heavy (non-hydrogen) atoms. The summed E-state index contributed by atoms with van der Waals surface area (Å²) < 4.78 is 27.4. The van der Waals surface area contributed by atoms with Crippen molar-refractivity contribution in [2.75, 3.05) is 28.4 Å². The highest BCUT2D eigenvalue weighted by Gasteiger charge is 2.48. The van der Waals surface area contributed by atoms with Gasteiger partial charge in [-0.05, 0) is 6.42 Å². The zero-order valence-corrected chi connectivity index (χ0v) is 13.2. The maximum atomic E-state index is 5.91. The first-order chi connectivity index (χ1) is 7.51. The van der Waals surface area contributed by atoms with Crippen LogP contribution in [-0.2, 0) is 21.8 Å². The average molecular weight is 268 g/mol. The summed E-state index contributed by atoms with van der Waals surface area (Å²) in [6, 6.07) is 0.784. The van der Waals surface area contributed by atoms with E-state index in [1.165, 1.54) is 0 Å². The Balaban J connectivity index is 4.63. The summed E-state index contributed by atoms with van der Waals surface area (Å²) in [5.41, 5.74) is 0. The second-order valence-electron chi connectivity index (χ2n) is 3.57. The van der Waals surface area contributed by atoms with Gasteiger partial charge in [-0.2, -0.15) is 0 Å². The highest BCUT2D eigenvalue weighted by molar-refractivity contribution is 6.74. The number of hydrogen-bond acceptors (Lipinski definition) is 5. The van der Waals surface area contributed by atoms with Crippen LogP contribution in [0, 0.1) is 0 Å². The topological polar surface area (TPSA) is 46.2 Å². The lowest BCUT2D eigenvalue weighted by atomic mass is 10.4. The van der Waals surface area contributed by atoms with Gasteiger partial charge in [0.2, 0.25) is 0 Å². The first kappa shape index (κ1) is 16.2. The molecule has 0 fully saturated rings. The number of unbranched alkanes of at least 4 members (excludes halogenated alkanes) is 1. The third-order valence-electron chi connectivity index (χ3n) is 2.54. The fourth-order valence-electron chi connectivity index (χ4n) is 1.26. The van der Waals surface area contributed by atoms with Crippen molar-refractivity contribution in [1.29, 1.82) is 0 Å². The van der Waals surface area contributed by atoms with Gasteiger partial charge in [-0.1, -0.05) is 13.3 Å². The van der Waals surface area contributed by atoms with E-state index in [9.17, 15) is 0 Å². The van der Waals surface area contributed by atoms with Crippen molar-refractivity contribution in [2.45, 2.75) is 32.4 Å². The lowest BCUT2D eigenvalue weighted by Crippen LogP contribution is -2.55. The Morgan fingerprint density at radius 3 is 1.69 bits per heavy atom. The fraction of sp³-hybridized carbons (Fsp3) is 1.00. The van der Waals surface area contributed by atoms with Crippen LogP contribution < -0.4 is 0 Å². The van der Waals surface area contributed by atoms with E-state index in [0.29, 0.717) is 0 Å². The number of hydrogen-bond donors (Lipinski definition) is 0. The summed E-state index contributed by atoms with van der Waals surface area (Å²) in [4.78, 5) is 0. The van der Waals surface area contributed by atoms with Crippen LogP contribution in [-0.4, -0.2) is 46.0 Å². The normalized spacial score (nSPS) is 13.1. The van der Waals surface area contributed by atoms with Gasteiger partial charge in [0, 0.05) is 41.0 Å². The second kappa shape index (κ2) is 7.54. The van der Waals surface area contributed by atoms with Crippen LogP contribution in [0.4, 0.5) is 0 Å². The largest absolute Gasteiger partial charge is 0.493 e. The van der Waals surface area contributed by atoms with Crippen molar-refractivity contribution in [2.24, 2.45) is 0 Å². The van der Waals surface area contributed by atoms with Gasteiger partial charge >= 0.3 is 17.6 Å². The summed E-state index contributed by atoms with van der Waals surface area (Å²) in [5, 5.41) is 0. The van der Waals surface area contributed by atoms with E-state index in [2.05, 4.69) is 6.92 Å². The molecule has 0 atom stereocenters. The first-order valence-corrected chi connectivity index (χ1v) is 9.57. The van der Waals surface area contributed by atoms with Gasteiger partial charge in [-0.25, -0.2) is 0 Å². The third kappa shape index (κ3) is 4.62. The highest BCUT2D eigenvalue weighted by atomic mass is 28.5. The van der Waals surface area contributed by atoms with Crippen molar-refractivity contribution in [3.8, 4) is 0 Å². The van der Waals surface area contributed by atoms with Crippen molar-refractivity contribution >= 4 is 17.6 Å². The molecule has 0 aliphatic carbocycles. The maximum absolute atomic E-state index is 5.91. The molecule has 0 saturated carbocycles. The van der Waals surface area contributed by atoms with E-state index in [1.807, 2.05) is 6.55 Å². The Labute approximate surface area is 101 Å².